The summed E-state index contributed by atoms with van der Waals surface area (Å²) in [7, 11) is 0.483. The number of nitrogens with two attached hydrogens (primary N) is 1. The molecule has 9 heteroatoms. The number of anilines is 1. The lowest BCUT2D eigenvalue weighted by Crippen LogP contribution is -2.54. The second-order valence-corrected chi connectivity index (χ2v) is 7.04. The lowest BCUT2D eigenvalue weighted by atomic mass is 10.2. The smallest absolute Gasteiger partial charge is 0.240 e. The molecule has 0 amide bonds. The van der Waals surface area contributed by atoms with Crippen molar-refractivity contribution in [1.82, 2.24) is 19.5 Å². The van der Waals surface area contributed by atoms with Crippen LogP contribution >= 0.6 is 0 Å². The molecule has 118 valence electrons. The Hall–Kier alpha value is -1.26. The van der Waals surface area contributed by atoms with Crippen LogP contribution in [0.1, 0.15) is 0 Å². The van der Waals surface area contributed by atoms with Gasteiger partial charge in [-0.25, -0.2) is 24.0 Å². The molecule has 1 aliphatic rings. The molecule has 1 aromatic rings. The van der Waals surface area contributed by atoms with E-state index in [4.69, 9.17) is 5.84 Å². The minimum absolute atomic E-state index is 0.150. The van der Waals surface area contributed by atoms with Gasteiger partial charge < -0.3 is 10.3 Å². The van der Waals surface area contributed by atoms with Crippen LogP contribution in [0.25, 0.3) is 0 Å². The van der Waals surface area contributed by atoms with Crippen LogP contribution in [0, 0.1) is 0 Å². The van der Waals surface area contributed by atoms with E-state index in [1.54, 1.807) is 0 Å². The summed E-state index contributed by atoms with van der Waals surface area (Å²) in [6.07, 6.45) is 1.41. The Labute approximate surface area is 125 Å². The first-order valence-electron chi connectivity index (χ1n) is 6.73. The van der Waals surface area contributed by atoms with E-state index in [0.29, 0.717) is 12.4 Å². The average molecular weight is 314 g/mol. The summed E-state index contributed by atoms with van der Waals surface area (Å²) >= 11 is 0. The number of hydrazine groups is 1. The number of nitrogens with one attached hydrogen (secondary N) is 2. The van der Waals surface area contributed by atoms with Gasteiger partial charge in [-0.2, -0.15) is 0 Å². The predicted octanol–water partition coefficient (Wildman–Crippen LogP) is -1.11. The number of hydrogen-bond donors (Lipinski definition) is 3. The maximum Gasteiger partial charge on any atom is 0.240 e. The number of piperazine rings is 1. The van der Waals surface area contributed by atoms with Crippen molar-refractivity contribution >= 4 is 15.8 Å². The summed E-state index contributed by atoms with van der Waals surface area (Å²) in [4.78, 5) is 8.42. The molecule has 0 aliphatic carbocycles. The van der Waals surface area contributed by atoms with Crippen LogP contribution in [0.3, 0.4) is 0 Å². The monoisotopic (exact) mass is 314 g/mol. The first-order chi connectivity index (χ1) is 9.92. The van der Waals surface area contributed by atoms with Crippen LogP contribution in [0.4, 0.5) is 5.82 Å². The molecule has 1 unspecified atom stereocenters. The van der Waals surface area contributed by atoms with Crippen molar-refractivity contribution in [2.45, 2.75) is 10.9 Å². The predicted molar refractivity (Wildman–Crippen MR) is 81.2 cm³/mol. The molecule has 1 atom stereocenters. The largest absolute Gasteiger partial charge is 0.308 e. The third-order valence-corrected chi connectivity index (χ3v) is 5.10. The second kappa shape index (κ2) is 6.67. The van der Waals surface area contributed by atoms with Gasteiger partial charge in [-0.3, -0.25) is 4.90 Å². The van der Waals surface area contributed by atoms with Crippen molar-refractivity contribution in [3.05, 3.63) is 18.3 Å². The van der Waals surface area contributed by atoms with E-state index in [2.05, 4.69) is 24.9 Å². The molecule has 2 rings (SSSR count). The van der Waals surface area contributed by atoms with Gasteiger partial charge in [0.2, 0.25) is 10.0 Å². The zero-order valence-electron chi connectivity index (χ0n) is 12.3. The van der Waals surface area contributed by atoms with Gasteiger partial charge in [0.1, 0.15) is 5.82 Å². The number of likely N-dealkylation sites (N-methyl/N-ethyl adjacent to an activating group) is 2. The molecule has 1 fully saturated rings. The van der Waals surface area contributed by atoms with Crippen molar-refractivity contribution in [2.24, 2.45) is 5.84 Å². The summed E-state index contributed by atoms with van der Waals surface area (Å²) in [5.41, 5.74) is 2.34. The van der Waals surface area contributed by atoms with E-state index in [9.17, 15) is 8.42 Å². The summed E-state index contributed by atoms with van der Waals surface area (Å²) in [6.45, 7) is 3.14. The molecule has 2 heterocycles. The van der Waals surface area contributed by atoms with E-state index >= 15 is 0 Å². The summed E-state index contributed by atoms with van der Waals surface area (Å²) < 4.78 is 27.2. The molecule has 0 spiro atoms. The normalized spacial score (nSPS) is 21.4. The van der Waals surface area contributed by atoms with Crippen molar-refractivity contribution < 1.29 is 8.42 Å². The molecule has 0 saturated carbocycles. The molecular weight excluding hydrogens is 292 g/mol. The number of rotatable bonds is 5. The second-order valence-electron chi connectivity index (χ2n) is 5.27. The minimum Gasteiger partial charge on any atom is -0.308 e. The Morgan fingerprint density at radius 2 is 2.19 bits per heavy atom. The number of sulfonamides is 1. The van der Waals surface area contributed by atoms with Crippen LogP contribution in [-0.2, 0) is 10.0 Å². The highest BCUT2D eigenvalue weighted by Crippen LogP contribution is 2.12. The zero-order chi connectivity index (χ0) is 15.5. The van der Waals surface area contributed by atoms with Gasteiger partial charge in [0.15, 0.2) is 0 Å². The van der Waals surface area contributed by atoms with Crippen molar-refractivity contribution in [3.8, 4) is 0 Å². The molecule has 21 heavy (non-hydrogen) atoms. The molecule has 0 radical (unpaired) electrons. The van der Waals surface area contributed by atoms with E-state index in [1.807, 2.05) is 14.1 Å². The Balaban J connectivity index is 2.03. The Morgan fingerprint density at radius 1 is 1.43 bits per heavy atom. The van der Waals surface area contributed by atoms with Crippen LogP contribution in [-0.4, -0.2) is 69.5 Å². The fourth-order valence-corrected chi connectivity index (χ4v) is 3.35. The Kier molecular flexibility index (Phi) is 5.12. The molecule has 8 nitrogen and oxygen atoms in total. The van der Waals surface area contributed by atoms with Crippen molar-refractivity contribution in [3.63, 3.8) is 0 Å². The van der Waals surface area contributed by atoms with Crippen LogP contribution < -0.4 is 16.0 Å². The standard InChI is InChI=1S/C12H22N6O2S/c1-17-5-6-18(2)10(9-17)8-15-21(19,20)11-3-4-14-12(7-11)16-13/h3-4,7,10,15H,5-6,8-9,13H2,1-2H3,(H,14,16). The number of aromatic nitrogens is 1. The maximum absolute atomic E-state index is 12.3. The number of nitrogens with zero attached hydrogens (tertiary/aromatic N) is 3. The first-order valence-corrected chi connectivity index (χ1v) is 8.22. The van der Waals surface area contributed by atoms with Gasteiger partial charge in [0, 0.05) is 44.5 Å². The minimum atomic E-state index is -3.56. The van der Waals surface area contributed by atoms with Crippen molar-refractivity contribution in [2.75, 3.05) is 45.7 Å². The van der Waals surface area contributed by atoms with Gasteiger partial charge in [-0.15, -0.1) is 0 Å². The van der Waals surface area contributed by atoms with Gasteiger partial charge in [0.05, 0.1) is 4.90 Å². The summed E-state index contributed by atoms with van der Waals surface area (Å²) in [6, 6.07) is 3.01. The van der Waals surface area contributed by atoms with E-state index in [0.717, 1.165) is 19.6 Å². The third-order valence-electron chi connectivity index (χ3n) is 3.68. The van der Waals surface area contributed by atoms with Gasteiger partial charge in [-0.1, -0.05) is 0 Å². The van der Waals surface area contributed by atoms with Gasteiger partial charge in [-0.05, 0) is 20.2 Å². The van der Waals surface area contributed by atoms with Gasteiger partial charge >= 0.3 is 0 Å². The van der Waals surface area contributed by atoms with Gasteiger partial charge in [0.25, 0.3) is 0 Å². The molecule has 0 bridgehead atoms. The van der Waals surface area contributed by atoms with E-state index in [1.165, 1.54) is 18.3 Å². The molecule has 1 aliphatic heterocycles. The molecule has 4 N–H and O–H groups in total. The highest BCUT2D eigenvalue weighted by Gasteiger charge is 2.24. The third kappa shape index (κ3) is 4.11. The highest BCUT2D eigenvalue weighted by molar-refractivity contribution is 7.89. The highest BCUT2D eigenvalue weighted by atomic mass is 32.2. The SMILES string of the molecule is CN1CCN(C)C(CNS(=O)(=O)c2ccnc(NN)c2)C1. The van der Waals surface area contributed by atoms with Crippen LogP contribution in [0.15, 0.2) is 23.2 Å². The average Bonchev–Trinajstić information content (AvgIpc) is 2.48. The molecule has 1 saturated heterocycles. The summed E-state index contributed by atoms with van der Waals surface area (Å²) in [5.74, 6) is 5.56. The number of nitrogen functional groups attached to an aromatic ring is 1. The topological polar surface area (TPSA) is 104 Å². The van der Waals surface area contributed by atoms with E-state index < -0.39 is 10.0 Å². The molecule has 1 aromatic heterocycles. The summed E-state index contributed by atoms with van der Waals surface area (Å²) in [5, 5.41) is 0. The number of hydrogen-bond acceptors (Lipinski definition) is 7. The Morgan fingerprint density at radius 3 is 2.90 bits per heavy atom. The quantitative estimate of drug-likeness (QED) is 0.468. The lowest BCUT2D eigenvalue weighted by molar-refractivity contribution is 0.117. The fourth-order valence-electron chi connectivity index (χ4n) is 2.27. The molecular formula is C12H22N6O2S. The van der Waals surface area contributed by atoms with E-state index in [-0.39, 0.29) is 10.9 Å². The van der Waals surface area contributed by atoms with Crippen molar-refractivity contribution in [1.29, 1.82) is 0 Å². The van der Waals surface area contributed by atoms with Crippen LogP contribution in [0.2, 0.25) is 0 Å². The zero-order valence-corrected chi connectivity index (χ0v) is 13.1. The number of pyridine rings is 1. The fraction of sp³-hybridized carbons (Fsp3) is 0.583. The maximum atomic E-state index is 12.3. The first kappa shape index (κ1) is 16.1. The Bertz CT molecular complexity index is 579. The van der Waals surface area contributed by atoms with Crippen LogP contribution in [0.5, 0.6) is 0 Å². The lowest BCUT2D eigenvalue weighted by Gasteiger charge is -2.37. The molecule has 0 aromatic carbocycles.